The van der Waals surface area contributed by atoms with E-state index in [9.17, 15) is 93.3 Å². The number of alkyl halides is 15. The van der Waals surface area contributed by atoms with Crippen LogP contribution in [0, 0.1) is 23.3 Å². The average molecular weight is 681 g/mol. The zero-order chi connectivity index (χ0) is 33.2. The molecule has 238 valence electrons. The normalized spacial score (nSPS) is 14.0. The number of carbonyl (C=O) groups is 1. The largest absolute Gasteiger partial charge is 1.00 e. The van der Waals surface area contributed by atoms with Crippen LogP contribution in [0.5, 0.6) is 0 Å². The Morgan fingerprint density at radius 3 is 1.47 bits per heavy atom. The number of carboxylic acids is 1. The molecule has 0 fully saturated rings. The van der Waals surface area contributed by atoms with E-state index in [4.69, 9.17) is 0 Å². The molecule has 0 spiro atoms. The molecule has 0 unspecified atom stereocenters. The van der Waals surface area contributed by atoms with Crippen molar-refractivity contribution < 1.29 is 127 Å². The molecule has 1 heterocycles. The Balaban J connectivity index is 0.00000924. The van der Waals surface area contributed by atoms with Gasteiger partial charge in [0, 0.05) is 0 Å². The van der Waals surface area contributed by atoms with E-state index in [1.807, 2.05) is 4.98 Å². The van der Waals surface area contributed by atoms with Crippen molar-refractivity contribution in [2.24, 2.45) is 0 Å². The van der Waals surface area contributed by atoms with Gasteiger partial charge in [-0.3, -0.25) is 0 Å². The maximum Gasteiger partial charge on any atom is 1.00 e. The molecule has 0 saturated heterocycles. The maximum absolute atomic E-state index is 14.2. The number of hydrogen-bond donors (Lipinski definition) is 1. The van der Waals surface area contributed by atoms with E-state index < -0.39 is 100 Å². The number of halogens is 19. The first-order valence-corrected chi connectivity index (χ1v) is 9.51. The van der Waals surface area contributed by atoms with Gasteiger partial charge in [0.2, 0.25) is 5.82 Å². The fourth-order valence-corrected chi connectivity index (χ4v) is 2.69. The summed E-state index contributed by atoms with van der Waals surface area (Å²) in [6.07, 6.45) is -7.84. The standard InChI is InChI=1S/C17H4F19N3O3.Na/c18-4-3(5(19)7(21)8(6(4)20)37-1-2(40)41)9-38-10(39-42-9)11(22,23)12(24,25)13(26,27)14(28,29)15(30,31)16(32,33)17(34,35)36;/h37H,1H2,(H,40,41);/q;+1/p-1. The van der Waals surface area contributed by atoms with E-state index in [0.717, 1.165) is 0 Å². The molecule has 1 N–H and O–H groups in total. The second-order valence-electron chi connectivity index (χ2n) is 7.60. The topological polar surface area (TPSA) is 91.1 Å². The molecular weight excluding hydrogens is 678 g/mol. The molecule has 0 bridgehead atoms. The van der Waals surface area contributed by atoms with E-state index in [0.29, 0.717) is 0 Å². The van der Waals surface area contributed by atoms with Gasteiger partial charge in [0.05, 0.1) is 12.5 Å². The van der Waals surface area contributed by atoms with Gasteiger partial charge < -0.3 is 19.7 Å². The van der Waals surface area contributed by atoms with Crippen LogP contribution in [0.3, 0.4) is 0 Å². The molecule has 0 saturated carbocycles. The van der Waals surface area contributed by atoms with Gasteiger partial charge in [-0.05, 0) is 0 Å². The van der Waals surface area contributed by atoms with Crippen LogP contribution in [-0.2, 0) is 10.7 Å². The van der Waals surface area contributed by atoms with E-state index in [-0.39, 0.29) is 29.6 Å². The molecule has 0 atom stereocenters. The van der Waals surface area contributed by atoms with Crippen molar-refractivity contribution in [2.45, 2.75) is 41.7 Å². The summed E-state index contributed by atoms with van der Waals surface area (Å²) in [5.74, 6) is -68.3. The molecule has 0 aliphatic heterocycles. The van der Waals surface area contributed by atoms with Gasteiger partial charge in [0.25, 0.3) is 5.89 Å². The maximum atomic E-state index is 14.2. The van der Waals surface area contributed by atoms with E-state index in [1.54, 1.807) is 5.16 Å². The van der Waals surface area contributed by atoms with Gasteiger partial charge >= 0.3 is 71.3 Å². The van der Waals surface area contributed by atoms with Crippen LogP contribution in [0.25, 0.3) is 11.5 Å². The molecule has 6 nitrogen and oxygen atoms in total. The minimum absolute atomic E-state index is 0. The van der Waals surface area contributed by atoms with Crippen LogP contribution in [0.15, 0.2) is 4.52 Å². The molecule has 1 aromatic heterocycles. The third-order valence-electron chi connectivity index (χ3n) is 4.92. The minimum atomic E-state index is -8.67. The number of aliphatic carboxylic acids is 1. The van der Waals surface area contributed by atoms with Crippen LogP contribution in [-0.4, -0.2) is 58.4 Å². The Morgan fingerprint density at radius 2 is 1.07 bits per heavy atom. The SMILES string of the molecule is O=C([O-])CNc1c(F)c(F)c(-c2nc(C(F)(F)C(F)(F)C(F)(F)C(F)(F)C(F)(F)C(F)(F)C(F)(F)F)no2)c(F)c1F.[Na+]. The number of nitrogens with one attached hydrogen (secondary N) is 1. The molecule has 1 aromatic carbocycles. The quantitative estimate of drug-likeness (QED) is 0.236. The molecule has 2 rings (SSSR count). The van der Waals surface area contributed by atoms with Crippen LogP contribution >= 0.6 is 0 Å². The smallest absolute Gasteiger partial charge is 0.548 e. The molecular formula is C17H3F19N3NaO3. The fraction of sp³-hybridized carbons (Fsp3) is 0.471. The van der Waals surface area contributed by atoms with Crippen molar-refractivity contribution in [3.05, 3.63) is 29.1 Å². The van der Waals surface area contributed by atoms with E-state index in [2.05, 4.69) is 4.52 Å². The molecule has 0 radical (unpaired) electrons. The zero-order valence-electron chi connectivity index (χ0n) is 19.5. The van der Waals surface area contributed by atoms with Crippen molar-refractivity contribution in [3.63, 3.8) is 0 Å². The fourth-order valence-electron chi connectivity index (χ4n) is 2.69. The van der Waals surface area contributed by atoms with E-state index in [1.165, 1.54) is 5.32 Å². The van der Waals surface area contributed by atoms with Gasteiger partial charge in [-0.1, -0.05) is 5.16 Å². The Hall–Kier alpha value is -2.70. The first-order valence-electron chi connectivity index (χ1n) is 9.51. The average Bonchev–Trinajstić information content (AvgIpc) is 3.32. The van der Waals surface area contributed by atoms with Crippen molar-refractivity contribution in [1.29, 1.82) is 0 Å². The van der Waals surface area contributed by atoms with Crippen LogP contribution < -0.4 is 40.0 Å². The van der Waals surface area contributed by atoms with Gasteiger partial charge in [0.15, 0.2) is 23.3 Å². The van der Waals surface area contributed by atoms with Gasteiger partial charge in [-0.15, -0.1) is 0 Å². The summed E-state index contributed by atoms with van der Waals surface area (Å²) in [4.78, 5) is 12.2. The number of nitrogens with zero attached hydrogens (tertiary/aromatic N) is 2. The summed E-state index contributed by atoms with van der Waals surface area (Å²) in [5.41, 5.74) is -4.37. The van der Waals surface area contributed by atoms with Crippen LogP contribution in [0.1, 0.15) is 5.82 Å². The molecule has 2 aromatic rings. The second-order valence-corrected chi connectivity index (χ2v) is 7.60. The number of carboxylic acid groups (broad SMARTS) is 1. The van der Waals surface area contributed by atoms with Crippen molar-refractivity contribution in [2.75, 3.05) is 11.9 Å². The summed E-state index contributed by atoms with van der Waals surface area (Å²) >= 11 is 0. The summed E-state index contributed by atoms with van der Waals surface area (Å²) in [7, 11) is 0. The van der Waals surface area contributed by atoms with Gasteiger partial charge in [0.1, 0.15) is 11.3 Å². The number of rotatable bonds is 10. The van der Waals surface area contributed by atoms with E-state index >= 15 is 0 Å². The monoisotopic (exact) mass is 681 g/mol. The van der Waals surface area contributed by atoms with Gasteiger partial charge in [-0.2, -0.15) is 70.8 Å². The van der Waals surface area contributed by atoms with Gasteiger partial charge in [-0.25, -0.2) is 17.6 Å². The van der Waals surface area contributed by atoms with Crippen molar-refractivity contribution in [3.8, 4) is 11.5 Å². The second kappa shape index (κ2) is 11.3. The van der Waals surface area contributed by atoms with Crippen molar-refractivity contribution in [1.82, 2.24) is 10.1 Å². The first kappa shape index (κ1) is 38.3. The summed E-state index contributed by atoms with van der Waals surface area (Å²) in [6.45, 7) is -1.54. The van der Waals surface area contributed by atoms with Crippen LogP contribution in [0.2, 0.25) is 0 Å². The molecule has 43 heavy (non-hydrogen) atoms. The molecule has 0 amide bonds. The molecule has 26 heteroatoms. The number of aromatic nitrogens is 2. The van der Waals surface area contributed by atoms with Crippen molar-refractivity contribution >= 4 is 11.7 Å². The Bertz CT molecular complexity index is 1350. The Labute approximate surface area is 243 Å². The third kappa shape index (κ3) is 5.55. The predicted molar refractivity (Wildman–Crippen MR) is 87.7 cm³/mol. The first-order chi connectivity index (χ1) is 18.5. The Kier molecular flexibility index (Phi) is 10.1. The third-order valence-corrected chi connectivity index (χ3v) is 4.92. The minimum Gasteiger partial charge on any atom is -0.548 e. The number of anilines is 1. The van der Waals surface area contributed by atoms with Crippen LogP contribution in [0.4, 0.5) is 89.1 Å². The summed E-state index contributed by atoms with van der Waals surface area (Å²) in [6, 6.07) is 0. The summed E-state index contributed by atoms with van der Waals surface area (Å²) < 4.78 is 260. The molecule has 0 aliphatic carbocycles. The Morgan fingerprint density at radius 1 is 0.674 bits per heavy atom. The predicted octanol–water partition coefficient (Wildman–Crippen LogP) is 2.29. The molecule has 0 aliphatic rings. The number of carbonyl (C=O) groups excluding carboxylic acids is 1. The zero-order valence-corrected chi connectivity index (χ0v) is 21.5. The number of benzene rings is 1. The number of hydrogen-bond acceptors (Lipinski definition) is 6. The summed E-state index contributed by atoms with van der Waals surface area (Å²) in [5, 5.41) is 13.3.